The van der Waals surface area contributed by atoms with E-state index in [0.717, 1.165) is 70.6 Å². The standard InChI is InChI=1S/C60H107NO5/c1-4-7-10-13-16-19-22-25-27-29-30-31-33-35-38-41-44-47-50-53-60(65)66-56(51-48-45-42-39-36-34-32-28-26-23-20-17-14-11-8-5-2)54-59(64)61-57(55-62)58(63)52-49-46-43-40-37-24-21-18-15-12-9-6-3/h11,14,17,20,23,25-28,32,34,36,56-58,62-63H,4-10,12-13,15-16,18-19,21-22,24,29-31,33,35,37-55H2,1-3H3,(H,61,64)/b14-11+,20-17+,26-23+,27-25+,32-28+,36-34+. The molecule has 0 rings (SSSR count). The van der Waals surface area contributed by atoms with Gasteiger partial charge in [-0.25, -0.2) is 0 Å². The predicted octanol–water partition coefficient (Wildman–Crippen LogP) is 17.3. The second kappa shape index (κ2) is 53.3. The van der Waals surface area contributed by atoms with Crippen LogP contribution in [0.2, 0.25) is 0 Å². The lowest BCUT2D eigenvalue weighted by Gasteiger charge is -2.24. The molecule has 0 aliphatic rings. The van der Waals surface area contributed by atoms with Gasteiger partial charge in [0.15, 0.2) is 0 Å². The van der Waals surface area contributed by atoms with Gasteiger partial charge in [-0.2, -0.15) is 0 Å². The van der Waals surface area contributed by atoms with E-state index in [9.17, 15) is 19.8 Å². The van der Waals surface area contributed by atoms with Crippen molar-refractivity contribution >= 4 is 11.9 Å². The van der Waals surface area contributed by atoms with Gasteiger partial charge >= 0.3 is 5.97 Å². The normalized spacial score (nSPS) is 13.7. The first-order chi connectivity index (χ1) is 32.5. The smallest absolute Gasteiger partial charge is 0.306 e. The largest absolute Gasteiger partial charge is 0.462 e. The predicted molar refractivity (Wildman–Crippen MR) is 287 cm³/mol. The highest BCUT2D eigenvalue weighted by molar-refractivity contribution is 5.77. The maximum atomic E-state index is 13.2. The Morgan fingerprint density at radius 3 is 1.29 bits per heavy atom. The van der Waals surface area contributed by atoms with Gasteiger partial charge in [0, 0.05) is 6.42 Å². The average molecular weight is 923 g/mol. The number of carbonyl (C=O) groups is 2. The summed E-state index contributed by atoms with van der Waals surface area (Å²) in [5.74, 6) is -0.514. The van der Waals surface area contributed by atoms with Gasteiger partial charge in [-0.3, -0.25) is 9.59 Å². The fourth-order valence-corrected chi connectivity index (χ4v) is 8.34. The van der Waals surface area contributed by atoms with E-state index < -0.39 is 18.2 Å². The summed E-state index contributed by atoms with van der Waals surface area (Å²) in [4.78, 5) is 26.2. The van der Waals surface area contributed by atoms with Crippen LogP contribution in [0.5, 0.6) is 0 Å². The quantitative estimate of drug-likeness (QED) is 0.0244. The number of hydrogen-bond acceptors (Lipinski definition) is 5. The molecule has 0 spiro atoms. The number of unbranched alkanes of at least 4 members (excludes halogenated alkanes) is 30. The third kappa shape index (κ3) is 47.8. The van der Waals surface area contributed by atoms with Crippen LogP contribution in [-0.2, 0) is 14.3 Å². The summed E-state index contributed by atoms with van der Waals surface area (Å²) in [6.07, 6.45) is 68.2. The minimum Gasteiger partial charge on any atom is -0.462 e. The molecule has 0 aromatic rings. The summed E-state index contributed by atoms with van der Waals surface area (Å²) in [6.45, 7) is 6.39. The molecule has 0 saturated carbocycles. The molecular weight excluding hydrogens is 815 g/mol. The summed E-state index contributed by atoms with van der Waals surface area (Å²) in [5, 5.41) is 23.8. The summed E-state index contributed by atoms with van der Waals surface area (Å²) >= 11 is 0. The molecule has 6 heteroatoms. The van der Waals surface area contributed by atoms with E-state index >= 15 is 0 Å². The monoisotopic (exact) mass is 922 g/mol. The highest BCUT2D eigenvalue weighted by Gasteiger charge is 2.24. The molecular formula is C60H107NO5. The second-order valence-electron chi connectivity index (χ2n) is 19.1. The zero-order valence-electron chi connectivity index (χ0n) is 43.6. The molecule has 0 aliphatic heterocycles. The molecule has 0 aliphatic carbocycles. The van der Waals surface area contributed by atoms with Crippen molar-refractivity contribution in [3.63, 3.8) is 0 Å². The molecule has 0 radical (unpaired) electrons. The summed E-state index contributed by atoms with van der Waals surface area (Å²) in [6, 6.07) is -0.719. The van der Waals surface area contributed by atoms with E-state index in [0.29, 0.717) is 19.3 Å². The van der Waals surface area contributed by atoms with Gasteiger partial charge in [-0.15, -0.1) is 0 Å². The van der Waals surface area contributed by atoms with Gasteiger partial charge in [-0.05, 0) is 70.6 Å². The number of rotatable bonds is 50. The summed E-state index contributed by atoms with van der Waals surface area (Å²) < 4.78 is 5.94. The zero-order valence-corrected chi connectivity index (χ0v) is 43.6. The van der Waals surface area contributed by atoms with Gasteiger partial charge < -0.3 is 20.3 Å². The fourth-order valence-electron chi connectivity index (χ4n) is 8.34. The van der Waals surface area contributed by atoms with Crippen molar-refractivity contribution in [2.75, 3.05) is 6.61 Å². The molecule has 6 nitrogen and oxygen atoms in total. The molecule has 66 heavy (non-hydrogen) atoms. The Morgan fingerprint density at radius 2 is 0.818 bits per heavy atom. The zero-order chi connectivity index (χ0) is 48.1. The minimum absolute atomic E-state index is 0.0471. The van der Waals surface area contributed by atoms with Crippen molar-refractivity contribution in [2.45, 2.75) is 289 Å². The first-order valence-corrected chi connectivity index (χ1v) is 28.2. The molecule has 382 valence electrons. The Morgan fingerprint density at radius 1 is 0.439 bits per heavy atom. The number of allylic oxidation sites excluding steroid dienone is 12. The molecule has 1 amide bonds. The van der Waals surface area contributed by atoms with Crippen LogP contribution in [0.1, 0.15) is 271 Å². The van der Waals surface area contributed by atoms with E-state index in [2.05, 4.69) is 62.5 Å². The SMILES string of the molecule is CCC/C=C/C=C/C=C/C=C/C=C/CCCCCC(CC(=O)NC(CO)C(O)CCCCCCCCCCCCCC)OC(=O)CCCCCCCCCCC/C=C/CCCCCCCC. The molecule has 3 atom stereocenters. The Labute approximate surface area is 409 Å². The minimum atomic E-state index is -0.802. The highest BCUT2D eigenvalue weighted by atomic mass is 16.5. The van der Waals surface area contributed by atoms with Crippen LogP contribution >= 0.6 is 0 Å². The number of esters is 1. The van der Waals surface area contributed by atoms with Crippen molar-refractivity contribution in [3.8, 4) is 0 Å². The number of aliphatic hydroxyl groups is 2. The van der Waals surface area contributed by atoms with Crippen LogP contribution in [0.25, 0.3) is 0 Å². The van der Waals surface area contributed by atoms with Crippen LogP contribution in [0.4, 0.5) is 0 Å². The lowest BCUT2D eigenvalue weighted by Crippen LogP contribution is -2.46. The van der Waals surface area contributed by atoms with Gasteiger partial charge in [0.25, 0.3) is 0 Å². The average Bonchev–Trinajstić information content (AvgIpc) is 3.31. The van der Waals surface area contributed by atoms with Crippen LogP contribution in [0.3, 0.4) is 0 Å². The topological polar surface area (TPSA) is 95.9 Å². The second-order valence-corrected chi connectivity index (χ2v) is 19.1. The van der Waals surface area contributed by atoms with Crippen LogP contribution in [-0.4, -0.2) is 46.9 Å². The van der Waals surface area contributed by atoms with Crippen molar-refractivity contribution < 1.29 is 24.5 Å². The first kappa shape index (κ1) is 63.3. The van der Waals surface area contributed by atoms with E-state index in [1.807, 2.05) is 36.5 Å². The summed E-state index contributed by atoms with van der Waals surface area (Å²) in [7, 11) is 0. The number of nitrogens with one attached hydrogen (secondary N) is 1. The number of amides is 1. The Balaban J connectivity index is 4.63. The lowest BCUT2D eigenvalue weighted by molar-refractivity contribution is -0.151. The van der Waals surface area contributed by atoms with E-state index in [-0.39, 0.29) is 24.9 Å². The molecule has 0 bridgehead atoms. The van der Waals surface area contributed by atoms with Gasteiger partial charge in [0.2, 0.25) is 5.91 Å². The van der Waals surface area contributed by atoms with Crippen LogP contribution < -0.4 is 5.32 Å². The first-order valence-electron chi connectivity index (χ1n) is 28.2. The Hall–Kier alpha value is -2.70. The Kier molecular flexibility index (Phi) is 51.1. The van der Waals surface area contributed by atoms with Crippen molar-refractivity contribution in [1.29, 1.82) is 0 Å². The molecule has 0 saturated heterocycles. The number of ether oxygens (including phenoxy) is 1. The number of aliphatic hydroxyl groups excluding tert-OH is 2. The molecule has 3 N–H and O–H groups in total. The summed E-state index contributed by atoms with van der Waals surface area (Å²) in [5.41, 5.74) is 0. The molecule has 0 aromatic heterocycles. The highest BCUT2D eigenvalue weighted by Crippen LogP contribution is 2.18. The number of hydrogen-bond donors (Lipinski definition) is 3. The fraction of sp³-hybridized carbons (Fsp3) is 0.767. The van der Waals surface area contributed by atoms with Crippen molar-refractivity contribution in [2.24, 2.45) is 0 Å². The molecule has 0 aromatic carbocycles. The van der Waals surface area contributed by atoms with Crippen molar-refractivity contribution in [3.05, 3.63) is 72.9 Å². The maximum absolute atomic E-state index is 13.2. The third-order valence-corrected chi connectivity index (χ3v) is 12.6. The molecule has 3 unspecified atom stereocenters. The third-order valence-electron chi connectivity index (χ3n) is 12.6. The van der Waals surface area contributed by atoms with Gasteiger partial charge in [0.05, 0.1) is 25.2 Å². The lowest BCUT2D eigenvalue weighted by atomic mass is 10.0. The molecule has 0 fully saturated rings. The van der Waals surface area contributed by atoms with E-state index in [4.69, 9.17) is 4.74 Å². The van der Waals surface area contributed by atoms with E-state index in [1.54, 1.807) is 0 Å². The number of carbonyl (C=O) groups excluding carboxylic acids is 2. The van der Waals surface area contributed by atoms with Crippen LogP contribution in [0.15, 0.2) is 72.9 Å². The maximum Gasteiger partial charge on any atom is 0.306 e. The van der Waals surface area contributed by atoms with E-state index in [1.165, 1.54) is 154 Å². The van der Waals surface area contributed by atoms with Gasteiger partial charge in [-0.1, -0.05) is 261 Å². The van der Waals surface area contributed by atoms with Gasteiger partial charge in [0.1, 0.15) is 6.10 Å². The van der Waals surface area contributed by atoms with Crippen LogP contribution in [0, 0.1) is 0 Å². The molecule has 0 heterocycles. The Bertz CT molecular complexity index is 1220. The van der Waals surface area contributed by atoms with Crippen molar-refractivity contribution in [1.82, 2.24) is 5.32 Å².